The molecule has 5 heteroatoms. The van der Waals surface area contributed by atoms with Gasteiger partial charge in [-0.3, -0.25) is 4.57 Å². The molecule has 0 aliphatic heterocycles. The number of hydrogen-bond acceptors (Lipinski definition) is 2. The van der Waals surface area contributed by atoms with Crippen LogP contribution in [0.4, 0.5) is 0 Å². The van der Waals surface area contributed by atoms with Gasteiger partial charge < -0.3 is 4.57 Å². The molecule has 9 aromatic rings. The number of aromatic nitrogens is 4. The van der Waals surface area contributed by atoms with Crippen LogP contribution in [0.3, 0.4) is 0 Å². The van der Waals surface area contributed by atoms with Crippen molar-refractivity contribution in [2.24, 2.45) is 0 Å². The first-order valence-corrected chi connectivity index (χ1v) is 15.3. The molecule has 3 aromatic heterocycles. The monoisotopic (exact) mass is 574 g/mol. The molecule has 45 heavy (non-hydrogen) atoms. The van der Waals surface area contributed by atoms with E-state index in [-0.39, 0.29) is 6.71 Å². The number of benzene rings is 6. The number of hydrogen-bond donors (Lipinski definition) is 0. The zero-order chi connectivity index (χ0) is 29.7. The summed E-state index contributed by atoms with van der Waals surface area (Å²) in [4.78, 5) is 10.2. The first-order valence-electron chi connectivity index (χ1n) is 15.3. The maximum atomic E-state index is 5.10. The highest BCUT2D eigenvalue weighted by Gasteiger charge is 2.24. The first kappa shape index (κ1) is 25.6. The first-order chi connectivity index (χ1) is 22.4. The molecule has 0 amide bonds. The van der Waals surface area contributed by atoms with Crippen molar-refractivity contribution >= 4 is 66.7 Å². The van der Waals surface area contributed by atoms with E-state index in [2.05, 4.69) is 161 Å². The zero-order valence-corrected chi connectivity index (χ0v) is 24.5. The number of fused-ring (bicyclic) bond motifs is 7. The van der Waals surface area contributed by atoms with Crippen LogP contribution in [0.5, 0.6) is 0 Å². The summed E-state index contributed by atoms with van der Waals surface area (Å²) in [6, 6.07) is 53.6. The minimum Gasteiger partial charge on any atom is -0.307 e. The van der Waals surface area contributed by atoms with Gasteiger partial charge in [0.2, 0.25) is 12.7 Å². The Morgan fingerprint density at radius 2 is 0.822 bits per heavy atom. The molecule has 0 spiro atoms. The van der Waals surface area contributed by atoms with Crippen molar-refractivity contribution in [1.82, 2.24) is 19.1 Å². The summed E-state index contributed by atoms with van der Waals surface area (Å²) in [7, 11) is 0. The predicted molar refractivity (Wildman–Crippen MR) is 188 cm³/mol. The molecule has 0 bridgehead atoms. The van der Waals surface area contributed by atoms with Gasteiger partial charge in [0.05, 0.1) is 22.1 Å². The third kappa shape index (κ3) is 4.01. The van der Waals surface area contributed by atoms with E-state index in [0.29, 0.717) is 5.95 Å². The lowest BCUT2D eigenvalue weighted by molar-refractivity contribution is 0.994. The average molecular weight is 574 g/mol. The van der Waals surface area contributed by atoms with E-state index < -0.39 is 0 Å². The highest BCUT2D eigenvalue weighted by molar-refractivity contribution is 6.95. The Morgan fingerprint density at radius 1 is 0.378 bits per heavy atom. The van der Waals surface area contributed by atoms with Crippen LogP contribution in [0.2, 0.25) is 0 Å². The van der Waals surface area contributed by atoms with Crippen LogP contribution < -0.4 is 16.4 Å². The summed E-state index contributed by atoms with van der Waals surface area (Å²) >= 11 is 0. The largest absolute Gasteiger partial charge is 0.307 e. The Bertz CT molecular complexity index is 2430. The molecule has 0 fully saturated rings. The van der Waals surface area contributed by atoms with Crippen molar-refractivity contribution in [3.63, 3.8) is 0 Å². The van der Waals surface area contributed by atoms with Crippen LogP contribution in [0.25, 0.3) is 55.2 Å². The SMILES string of the molecule is c1ccc(B(c2ccccc2)c2cnc(-n3c4ccccc4c4ccc5c6ccccc6n(-c6ccccc6)c5c43)nc2)cc1. The average Bonchev–Trinajstić information content (AvgIpc) is 3.63. The maximum Gasteiger partial charge on any atom is 0.245 e. The van der Waals surface area contributed by atoms with Crippen molar-refractivity contribution < 1.29 is 0 Å². The normalized spacial score (nSPS) is 11.6. The molecule has 0 radical (unpaired) electrons. The van der Waals surface area contributed by atoms with Crippen molar-refractivity contribution in [2.45, 2.75) is 0 Å². The number of para-hydroxylation sites is 3. The Hall–Kier alpha value is -5.94. The third-order valence-electron chi connectivity index (χ3n) is 8.94. The van der Waals surface area contributed by atoms with Crippen molar-refractivity contribution in [1.29, 1.82) is 0 Å². The topological polar surface area (TPSA) is 35.6 Å². The van der Waals surface area contributed by atoms with Gasteiger partial charge in [-0.2, -0.15) is 0 Å². The summed E-state index contributed by atoms with van der Waals surface area (Å²) in [5.41, 5.74) is 9.11. The second-order valence-corrected chi connectivity index (χ2v) is 11.5. The summed E-state index contributed by atoms with van der Waals surface area (Å²) in [6.07, 6.45) is 4.00. The lowest BCUT2D eigenvalue weighted by Gasteiger charge is -2.16. The number of rotatable bonds is 5. The van der Waals surface area contributed by atoms with Crippen molar-refractivity contribution in [3.05, 3.63) is 164 Å². The Morgan fingerprint density at radius 3 is 1.38 bits per heavy atom. The molecule has 0 N–H and O–H groups in total. The fourth-order valence-electron chi connectivity index (χ4n) is 7.02. The summed E-state index contributed by atoms with van der Waals surface area (Å²) < 4.78 is 4.63. The van der Waals surface area contributed by atoms with E-state index in [0.717, 1.165) is 27.7 Å². The van der Waals surface area contributed by atoms with Gasteiger partial charge >= 0.3 is 0 Å². The van der Waals surface area contributed by atoms with E-state index in [1.807, 2.05) is 12.4 Å². The lowest BCUT2D eigenvalue weighted by atomic mass is 9.37. The van der Waals surface area contributed by atoms with Gasteiger partial charge in [0, 0.05) is 39.6 Å². The Kier molecular flexibility index (Phi) is 5.88. The molecule has 210 valence electrons. The zero-order valence-electron chi connectivity index (χ0n) is 24.5. The van der Waals surface area contributed by atoms with E-state index in [1.54, 1.807) is 0 Å². The standard InChI is InChI=1S/C40H27BN4/c1-4-14-28(15-5-1)41(29-16-6-2-7-17-29)30-26-42-40(43-27-30)45-37-23-13-11-21-33(37)35-25-24-34-32-20-10-12-22-36(32)44(38(34)39(35)45)31-18-8-3-9-19-31/h1-27H. The molecule has 0 atom stereocenters. The predicted octanol–water partition coefficient (Wildman–Crippen LogP) is 7.19. The minimum atomic E-state index is 0.0342. The van der Waals surface area contributed by atoms with Crippen LogP contribution >= 0.6 is 0 Å². The number of nitrogens with zero attached hydrogens (tertiary/aromatic N) is 4. The van der Waals surface area contributed by atoms with Crippen molar-refractivity contribution in [3.8, 4) is 11.6 Å². The van der Waals surface area contributed by atoms with Gasteiger partial charge in [-0.15, -0.1) is 0 Å². The quantitative estimate of drug-likeness (QED) is 0.204. The van der Waals surface area contributed by atoms with Gasteiger partial charge in [-0.1, -0.05) is 138 Å². The smallest absolute Gasteiger partial charge is 0.245 e. The highest BCUT2D eigenvalue weighted by atomic mass is 15.2. The molecule has 6 aromatic carbocycles. The fraction of sp³-hybridized carbons (Fsp3) is 0. The van der Waals surface area contributed by atoms with Crippen LogP contribution in [-0.4, -0.2) is 25.8 Å². The Labute approximate surface area is 260 Å². The lowest BCUT2D eigenvalue weighted by Crippen LogP contribution is -2.52. The van der Waals surface area contributed by atoms with Gasteiger partial charge in [-0.25, -0.2) is 9.97 Å². The van der Waals surface area contributed by atoms with Gasteiger partial charge in [0.1, 0.15) is 0 Å². The van der Waals surface area contributed by atoms with E-state index >= 15 is 0 Å². The van der Waals surface area contributed by atoms with Gasteiger partial charge in [-0.05, 0) is 29.7 Å². The molecular weight excluding hydrogens is 547 g/mol. The van der Waals surface area contributed by atoms with Crippen LogP contribution in [0.15, 0.2) is 164 Å². The Balaban J connectivity index is 1.33. The summed E-state index contributed by atoms with van der Waals surface area (Å²) in [5, 5.41) is 4.78. The fourth-order valence-corrected chi connectivity index (χ4v) is 7.02. The molecule has 9 rings (SSSR count). The third-order valence-corrected chi connectivity index (χ3v) is 8.94. The molecule has 0 saturated carbocycles. The van der Waals surface area contributed by atoms with Crippen molar-refractivity contribution in [2.75, 3.05) is 0 Å². The van der Waals surface area contributed by atoms with E-state index in [4.69, 9.17) is 9.97 Å². The van der Waals surface area contributed by atoms with Crippen LogP contribution in [0.1, 0.15) is 0 Å². The molecule has 0 unspecified atom stereocenters. The van der Waals surface area contributed by atoms with E-state index in [1.165, 1.54) is 38.0 Å². The molecule has 4 nitrogen and oxygen atoms in total. The van der Waals surface area contributed by atoms with Crippen LogP contribution in [0, 0.1) is 0 Å². The molecule has 0 aliphatic rings. The summed E-state index contributed by atoms with van der Waals surface area (Å²) in [5.74, 6) is 0.655. The second kappa shape index (κ2) is 10.4. The molecule has 0 saturated heterocycles. The van der Waals surface area contributed by atoms with E-state index in [9.17, 15) is 0 Å². The molecule has 3 heterocycles. The molecular formula is C40H27BN4. The highest BCUT2D eigenvalue weighted by Crippen LogP contribution is 2.40. The van der Waals surface area contributed by atoms with Gasteiger partial charge in [0.25, 0.3) is 0 Å². The minimum absolute atomic E-state index is 0.0342. The summed E-state index contributed by atoms with van der Waals surface area (Å²) in [6.45, 7) is 0.0342. The van der Waals surface area contributed by atoms with Crippen LogP contribution in [-0.2, 0) is 0 Å². The second-order valence-electron chi connectivity index (χ2n) is 11.5. The van der Waals surface area contributed by atoms with Gasteiger partial charge in [0.15, 0.2) is 0 Å². The molecule has 0 aliphatic carbocycles. The maximum absolute atomic E-state index is 5.10.